The van der Waals surface area contributed by atoms with Gasteiger partial charge in [0, 0.05) is 12.1 Å². The fourth-order valence-electron chi connectivity index (χ4n) is 2.25. The third-order valence-corrected chi connectivity index (χ3v) is 3.83. The highest BCUT2D eigenvalue weighted by Crippen LogP contribution is 2.47. The lowest BCUT2D eigenvalue weighted by molar-refractivity contribution is -0.385. The highest BCUT2D eigenvalue weighted by molar-refractivity contribution is 6.33. The van der Waals surface area contributed by atoms with Gasteiger partial charge in [-0.15, -0.1) is 0 Å². The molecule has 0 aromatic heterocycles. The van der Waals surface area contributed by atoms with E-state index in [1.807, 2.05) is 0 Å². The second kappa shape index (κ2) is 7.28. The SMILES string of the molecule is O=[N+]([O-])c1cc(C(F)(F)F)c(Nc2cc(C(F)(F)F)ccc2Cl)c(C(F)(F)F)c1. The molecule has 0 aliphatic carbocycles. The Morgan fingerprint density at radius 1 is 0.828 bits per heavy atom. The van der Waals surface area contributed by atoms with Gasteiger partial charge in [-0.05, 0) is 18.2 Å². The molecule has 0 radical (unpaired) electrons. The number of alkyl halides is 9. The summed E-state index contributed by atoms with van der Waals surface area (Å²) in [6, 6.07) is 0.972. The Morgan fingerprint density at radius 2 is 1.31 bits per heavy atom. The Morgan fingerprint density at radius 3 is 1.69 bits per heavy atom. The summed E-state index contributed by atoms with van der Waals surface area (Å²) in [5.74, 6) is 0. The number of hydrogen-bond acceptors (Lipinski definition) is 3. The maximum Gasteiger partial charge on any atom is 0.418 e. The Labute approximate surface area is 160 Å². The lowest BCUT2D eigenvalue weighted by Crippen LogP contribution is -2.17. The predicted octanol–water partition coefficient (Wildman–Crippen LogP) is 7.05. The van der Waals surface area contributed by atoms with Crippen molar-refractivity contribution >= 4 is 28.7 Å². The van der Waals surface area contributed by atoms with Crippen LogP contribution in [0.25, 0.3) is 0 Å². The van der Waals surface area contributed by atoms with Gasteiger partial charge in [0.1, 0.15) is 0 Å². The second-order valence-electron chi connectivity index (χ2n) is 5.49. The van der Waals surface area contributed by atoms with Crippen LogP contribution in [-0.4, -0.2) is 4.92 Å². The number of nitrogens with one attached hydrogen (secondary N) is 1. The molecule has 0 amide bonds. The minimum Gasteiger partial charge on any atom is -0.353 e. The lowest BCUT2D eigenvalue weighted by atomic mass is 10.0. The summed E-state index contributed by atoms with van der Waals surface area (Å²) in [6.45, 7) is 0. The number of halogens is 10. The van der Waals surface area contributed by atoms with Crippen molar-refractivity contribution in [2.24, 2.45) is 0 Å². The number of benzene rings is 2. The average Bonchev–Trinajstić information content (AvgIpc) is 2.53. The number of nitro benzene ring substituents is 1. The largest absolute Gasteiger partial charge is 0.418 e. The Bertz CT molecular complexity index is 917. The zero-order valence-corrected chi connectivity index (χ0v) is 14.2. The molecule has 2 rings (SSSR count). The van der Waals surface area contributed by atoms with E-state index < -0.39 is 62.2 Å². The van der Waals surface area contributed by atoms with E-state index in [2.05, 4.69) is 0 Å². The molecule has 0 fully saturated rings. The summed E-state index contributed by atoms with van der Waals surface area (Å²) < 4.78 is 118. The van der Waals surface area contributed by atoms with Crippen LogP contribution in [0.4, 0.5) is 56.6 Å². The molecule has 158 valence electrons. The third-order valence-electron chi connectivity index (χ3n) is 3.50. The molecule has 2 aromatic carbocycles. The minimum atomic E-state index is -5.51. The molecule has 0 heterocycles. The van der Waals surface area contributed by atoms with Gasteiger partial charge in [-0.1, -0.05) is 11.6 Å². The van der Waals surface area contributed by atoms with Crippen molar-refractivity contribution in [2.75, 3.05) is 5.32 Å². The molecule has 0 atom stereocenters. The van der Waals surface area contributed by atoms with Crippen LogP contribution < -0.4 is 5.32 Å². The number of nitrogens with zero attached hydrogens (tertiary/aromatic N) is 1. The van der Waals surface area contributed by atoms with Crippen molar-refractivity contribution in [1.82, 2.24) is 0 Å². The topological polar surface area (TPSA) is 55.2 Å². The molecule has 0 saturated heterocycles. The molecule has 0 aliphatic rings. The van der Waals surface area contributed by atoms with Crippen LogP contribution in [0.3, 0.4) is 0 Å². The van der Waals surface area contributed by atoms with E-state index in [1.165, 1.54) is 0 Å². The van der Waals surface area contributed by atoms with Crippen molar-refractivity contribution in [3.05, 3.63) is 62.2 Å². The van der Waals surface area contributed by atoms with E-state index in [0.717, 1.165) is 0 Å². The Balaban J connectivity index is 2.80. The van der Waals surface area contributed by atoms with E-state index >= 15 is 0 Å². The zero-order valence-electron chi connectivity index (χ0n) is 13.4. The number of hydrogen-bond donors (Lipinski definition) is 1. The number of nitro groups is 1. The molecule has 2 aromatic rings. The number of anilines is 2. The van der Waals surface area contributed by atoms with Gasteiger partial charge in [0.2, 0.25) is 0 Å². The molecule has 29 heavy (non-hydrogen) atoms. The summed E-state index contributed by atoms with van der Waals surface area (Å²) in [7, 11) is 0. The van der Waals surface area contributed by atoms with Crippen LogP contribution >= 0.6 is 11.6 Å². The molecule has 0 bridgehead atoms. The molecule has 0 saturated carbocycles. The van der Waals surface area contributed by atoms with E-state index in [-0.39, 0.29) is 18.2 Å². The summed E-state index contributed by atoms with van der Waals surface area (Å²) in [4.78, 5) is 9.28. The third kappa shape index (κ3) is 5.02. The molecular formula is C15H6ClF9N2O2. The van der Waals surface area contributed by atoms with Gasteiger partial charge in [0.05, 0.1) is 38.0 Å². The highest BCUT2D eigenvalue weighted by Gasteiger charge is 2.43. The quantitative estimate of drug-likeness (QED) is 0.308. The standard InChI is InChI=1S/C15H6ClF9N2O2/c16-10-2-1-6(13(17,18)19)3-11(10)26-12-8(14(20,21)22)4-7(27(28)29)5-9(12)15(23,24)25/h1-5,26H. The van der Waals surface area contributed by atoms with Crippen molar-refractivity contribution in [3.63, 3.8) is 0 Å². The first-order valence-corrected chi connectivity index (χ1v) is 7.50. The molecular weight excluding hydrogens is 447 g/mol. The van der Waals surface area contributed by atoms with Crippen LogP contribution in [0.1, 0.15) is 16.7 Å². The van der Waals surface area contributed by atoms with Crippen LogP contribution in [0.15, 0.2) is 30.3 Å². The summed E-state index contributed by atoms with van der Waals surface area (Å²) in [5.41, 5.74) is -9.75. The van der Waals surface area contributed by atoms with Crippen LogP contribution in [-0.2, 0) is 18.5 Å². The Hall–Kier alpha value is -2.70. The lowest BCUT2D eigenvalue weighted by Gasteiger charge is -2.21. The van der Waals surface area contributed by atoms with Gasteiger partial charge in [0.25, 0.3) is 5.69 Å². The maximum atomic E-state index is 13.3. The molecule has 0 spiro atoms. The van der Waals surface area contributed by atoms with Crippen molar-refractivity contribution in [2.45, 2.75) is 18.5 Å². The van der Waals surface area contributed by atoms with Gasteiger partial charge >= 0.3 is 18.5 Å². The number of rotatable bonds is 3. The maximum absolute atomic E-state index is 13.3. The van der Waals surface area contributed by atoms with Crippen molar-refractivity contribution in [1.29, 1.82) is 0 Å². The molecule has 0 aliphatic heterocycles. The smallest absolute Gasteiger partial charge is 0.353 e. The van der Waals surface area contributed by atoms with Crippen molar-refractivity contribution in [3.8, 4) is 0 Å². The molecule has 14 heteroatoms. The molecule has 4 nitrogen and oxygen atoms in total. The number of non-ortho nitro benzene ring substituents is 1. The zero-order chi connectivity index (χ0) is 22.4. The van der Waals surface area contributed by atoms with Gasteiger partial charge in [-0.3, -0.25) is 10.1 Å². The normalized spacial score (nSPS) is 12.8. The predicted molar refractivity (Wildman–Crippen MR) is 82.8 cm³/mol. The summed E-state index contributed by atoms with van der Waals surface area (Å²) >= 11 is 5.61. The van der Waals surface area contributed by atoms with Crippen molar-refractivity contribution < 1.29 is 44.4 Å². The first kappa shape index (κ1) is 22.6. The van der Waals surface area contributed by atoms with Gasteiger partial charge in [-0.25, -0.2) is 0 Å². The monoisotopic (exact) mass is 452 g/mol. The van der Waals surface area contributed by atoms with Crippen LogP contribution in [0.5, 0.6) is 0 Å². The minimum absolute atomic E-state index is 0.168. The fraction of sp³-hybridized carbons (Fsp3) is 0.200. The molecule has 1 N–H and O–H groups in total. The van der Waals surface area contributed by atoms with E-state index in [1.54, 1.807) is 5.32 Å². The van der Waals surface area contributed by atoms with Crippen LogP contribution in [0, 0.1) is 10.1 Å². The average molecular weight is 453 g/mol. The van der Waals surface area contributed by atoms with Gasteiger partial charge in [-0.2, -0.15) is 39.5 Å². The van der Waals surface area contributed by atoms with E-state index in [0.29, 0.717) is 12.1 Å². The van der Waals surface area contributed by atoms with Crippen LogP contribution in [0.2, 0.25) is 5.02 Å². The second-order valence-corrected chi connectivity index (χ2v) is 5.89. The van der Waals surface area contributed by atoms with Gasteiger partial charge < -0.3 is 5.32 Å². The Kier molecular flexibility index (Phi) is 5.67. The van der Waals surface area contributed by atoms with E-state index in [9.17, 15) is 49.6 Å². The van der Waals surface area contributed by atoms with Gasteiger partial charge in [0.15, 0.2) is 0 Å². The van der Waals surface area contributed by atoms with E-state index in [4.69, 9.17) is 11.6 Å². The highest BCUT2D eigenvalue weighted by atomic mass is 35.5. The summed E-state index contributed by atoms with van der Waals surface area (Å²) in [5, 5.41) is 11.7. The fourth-order valence-corrected chi connectivity index (χ4v) is 2.41. The first-order chi connectivity index (χ1) is 13.0. The first-order valence-electron chi connectivity index (χ1n) is 7.12. The summed E-state index contributed by atoms with van der Waals surface area (Å²) in [6.07, 6.45) is -16.0. The molecule has 0 unspecified atom stereocenters.